The molecule has 0 saturated carbocycles. The molecule has 15 heavy (non-hydrogen) atoms. The molecule has 4 N–H and O–H groups in total. The van der Waals surface area contributed by atoms with Crippen molar-refractivity contribution in [3.63, 3.8) is 0 Å². The van der Waals surface area contributed by atoms with E-state index in [1.165, 1.54) is 6.07 Å². The van der Waals surface area contributed by atoms with Gasteiger partial charge < -0.3 is 11.5 Å². The van der Waals surface area contributed by atoms with Crippen LogP contribution < -0.4 is 11.5 Å². The Morgan fingerprint density at radius 3 is 2.07 bits per heavy atom. The van der Waals surface area contributed by atoms with Crippen LogP contribution in [0.3, 0.4) is 0 Å². The third kappa shape index (κ3) is 2.34. The van der Waals surface area contributed by atoms with E-state index in [0.717, 1.165) is 6.07 Å². The van der Waals surface area contributed by atoms with Gasteiger partial charge in [0.05, 0.1) is 5.56 Å². The van der Waals surface area contributed by atoms with Crippen molar-refractivity contribution in [1.29, 1.82) is 0 Å². The molecule has 0 fully saturated rings. The van der Waals surface area contributed by atoms with E-state index in [1.807, 2.05) is 0 Å². The summed E-state index contributed by atoms with van der Waals surface area (Å²) in [5.41, 5.74) is 10.4. The Labute approximate surface area is 86.1 Å². The number of anilines is 2. The number of hydrogen-bond donors (Lipinski definition) is 2. The lowest BCUT2D eigenvalue weighted by atomic mass is 9.94. The van der Waals surface area contributed by atoms with E-state index in [9.17, 15) is 13.2 Å². The normalized spacial score (nSPS) is 12.1. The van der Waals surface area contributed by atoms with Crippen LogP contribution >= 0.6 is 0 Å². The first kappa shape index (κ1) is 11.7. The summed E-state index contributed by atoms with van der Waals surface area (Å²) in [5.74, 6) is -0.290. The second-order valence-corrected chi connectivity index (χ2v) is 3.72. The van der Waals surface area contributed by atoms with Crippen molar-refractivity contribution in [2.75, 3.05) is 11.5 Å². The molecule has 0 amide bonds. The SMILES string of the molecule is CC(C)c1c(N)cc(N)cc1C(F)(F)F. The molecule has 0 aliphatic rings. The van der Waals surface area contributed by atoms with Crippen LogP contribution in [0.4, 0.5) is 24.5 Å². The molecule has 0 bridgehead atoms. The highest BCUT2D eigenvalue weighted by molar-refractivity contribution is 5.62. The zero-order valence-corrected chi connectivity index (χ0v) is 8.52. The van der Waals surface area contributed by atoms with E-state index < -0.39 is 11.7 Å². The van der Waals surface area contributed by atoms with E-state index in [2.05, 4.69) is 0 Å². The first-order chi connectivity index (χ1) is 6.73. The summed E-state index contributed by atoms with van der Waals surface area (Å²) in [6.07, 6.45) is -4.41. The Morgan fingerprint density at radius 1 is 1.13 bits per heavy atom. The van der Waals surface area contributed by atoms with Crippen LogP contribution in [0.25, 0.3) is 0 Å². The predicted molar refractivity (Wildman–Crippen MR) is 54.4 cm³/mol. The van der Waals surface area contributed by atoms with E-state index in [-0.39, 0.29) is 22.9 Å². The van der Waals surface area contributed by atoms with Gasteiger partial charge in [0.1, 0.15) is 0 Å². The molecule has 0 atom stereocenters. The molecule has 84 valence electrons. The number of halogens is 3. The number of rotatable bonds is 1. The lowest BCUT2D eigenvalue weighted by Crippen LogP contribution is -2.13. The number of nitrogens with two attached hydrogens (primary N) is 2. The number of alkyl halides is 3. The highest BCUT2D eigenvalue weighted by atomic mass is 19.4. The molecule has 5 heteroatoms. The smallest absolute Gasteiger partial charge is 0.399 e. The summed E-state index contributed by atoms with van der Waals surface area (Å²) >= 11 is 0. The molecule has 0 radical (unpaired) electrons. The minimum atomic E-state index is -4.41. The molecule has 0 spiro atoms. The van der Waals surface area contributed by atoms with Gasteiger partial charge in [-0.3, -0.25) is 0 Å². The number of nitrogen functional groups attached to an aromatic ring is 2. The summed E-state index contributed by atoms with van der Waals surface area (Å²) in [6.45, 7) is 3.33. The van der Waals surface area contributed by atoms with Crippen molar-refractivity contribution >= 4 is 11.4 Å². The first-order valence-electron chi connectivity index (χ1n) is 4.49. The third-order valence-corrected chi connectivity index (χ3v) is 2.12. The molecule has 1 rings (SSSR count). The van der Waals surface area contributed by atoms with Crippen molar-refractivity contribution in [2.24, 2.45) is 0 Å². The summed E-state index contributed by atoms with van der Waals surface area (Å²) in [4.78, 5) is 0. The molecule has 0 heterocycles. The Hall–Kier alpha value is -1.39. The van der Waals surface area contributed by atoms with Gasteiger partial charge in [-0.1, -0.05) is 13.8 Å². The van der Waals surface area contributed by atoms with Crippen LogP contribution in [-0.4, -0.2) is 0 Å². The Morgan fingerprint density at radius 2 is 1.67 bits per heavy atom. The van der Waals surface area contributed by atoms with Crippen LogP contribution in [0.1, 0.15) is 30.9 Å². The molecule has 0 aliphatic heterocycles. The predicted octanol–water partition coefficient (Wildman–Crippen LogP) is 2.99. The Kier molecular flexibility index (Phi) is 2.83. The molecule has 2 nitrogen and oxygen atoms in total. The zero-order valence-electron chi connectivity index (χ0n) is 8.52. The van der Waals surface area contributed by atoms with Gasteiger partial charge in [-0.15, -0.1) is 0 Å². The van der Waals surface area contributed by atoms with Crippen LogP contribution in [0, 0.1) is 0 Å². The van der Waals surface area contributed by atoms with E-state index >= 15 is 0 Å². The van der Waals surface area contributed by atoms with E-state index in [0.29, 0.717) is 0 Å². The van der Waals surface area contributed by atoms with Crippen molar-refractivity contribution < 1.29 is 13.2 Å². The summed E-state index contributed by atoms with van der Waals surface area (Å²) < 4.78 is 38.0. The molecule has 1 aromatic carbocycles. The van der Waals surface area contributed by atoms with Crippen LogP contribution in [-0.2, 0) is 6.18 Å². The van der Waals surface area contributed by atoms with Crippen LogP contribution in [0.15, 0.2) is 12.1 Å². The fourth-order valence-electron chi connectivity index (χ4n) is 1.58. The molecule has 0 aliphatic carbocycles. The van der Waals surface area contributed by atoms with Crippen molar-refractivity contribution in [3.05, 3.63) is 23.3 Å². The lowest BCUT2D eigenvalue weighted by molar-refractivity contribution is -0.138. The highest BCUT2D eigenvalue weighted by Gasteiger charge is 2.35. The summed E-state index contributed by atoms with van der Waals surface area (Å²) in [6, 6.07) is 2.27. The van der Waals surface area contributed by atoms with Crippen molar-refractivity contribution in [2.45, 2.75) is 25.9 Å². The van der Waals surface area contributed by atoms with Crippen molar-refractivity contribution in [1.82, 2.24) is 0 Å². The molecule has 1 aromatic rings. The second-order valence-electron chi connectivity index (χ2n) is 3.72. The van der Waals surface area contributed by atoms with Gasteiger partial charge in [0, 0.05) is 11.4 Å². The average molecular weight is 218 g/mol. The van der Waals surface area contributed by atoms with Gasteiger partial charge in [-0.05, 0) is 23.6 Å². The fraction of sp³-hybridized carbons (Fsp3) is 0.400. The molecule has 0 aromatic heterocycles. The topological polar surface area (TPSA) is 52.0 Å². The number of hydrogen-bond acceptors (Lipinski definition) is 2. The minimum Gasteiger partial charge on any atom is -0.399 e. The van der Waals surface area contributed by atoms with E-state index in [1.54, 1.807) is 13.8 Å². The standard InChI is InChI=1S/C10H13F3N2/c1-5(2)9-7(10(11,12)13)3-6(14)4-8(9)15/h3-5H,14-15H2,1-2H3. The molecule has 0 unspecified atom stereocenters. The average Bonchev–Trinajstić information content (AvgIpc) is 1.99. The lowest BCUT2D eigenvalue weighted by Gasteiger charge is -2.18. The van der Waals surface area contributed by atoms with Gasteiger partial charge >= 0.3 is 6.18 Å². The maximum absolute atomic E-state index is 12.7. The maximum Gasteiger partial charge on any atom is 0.416 e. The van der Waals surface area contributed by atoms with Crippen LogP contribution in [0.5, 0.6) is 0 Å². The Balaban J connectivity index is 3.47. The van der Waals surface area contributed by atoms with Gasteiger partial charge in [0.15, 0.2) is 0 Å². The third-order valence-electron chi connectivity index (χ3n) is 2.12. The molecular formula is C10H13F3N2. The number of benzene rings is 1. The van der Waals surface area contributed by atoms with Gasteiger partial charge in [0.2, 0.25) is 0 Å². The summed E-state index contributed by atoms with van der Waals surface area (Å²) in [7, 11) is 0. The van der Waals surface area contributed by atoms with Gasteiger partial charge in [-0.25, -0.2) is 0 Å². The second kappa shape index (κ2) is 3.64. The van der Waals surface area contributed by atoms with Crippen LogP contribution in [0.2, 0.25) is 0 Å². The van der Waals surface area contributed by atoms with Gasteiger partial charge in [0.25, 0.3) is 0 Å². The van der Waals surface area contributed by atoms with Crippen molar-refractivity contribution in [3.8, 4) is 0 Å². The molecule has 0 saturated heterocycles. The van der Waals surface area contributed by atoms with Gasteiger partial charge in [-0.2, -0.15) is 13.2 Å². The quantitative estimate of drug-likeness (QED) is 0.712. The van der Waals surface area contributed by atoms with E-state index in [4.69, 9.17) is 11.5 Å². The summed E-state index contributed by atoms with van der Waals surface area (Å²) in [5, 5.41) is 0. The Bertz CT molecular complexity index is 370. The largest absolute Gasteiger partial charge is 0.416 e. The fourth-order valence-corrected chi connectivity index (χ4v) is 1.58. The molecular weight excluding hydrogens is 205 g/mol. The monoisotopic (exact) mass is 218 g/mol. The minimum absolute atomic E-state index is 0.0317. The zero-order chi connectivity index (χ0) is 11.8. The maximum atomic E-state index is 12.7. The highest BCUT2D eigenvalue weighted by Crippen LogP contribution is 2.39. The first-order valence-corrected chi connectivity index (χ1v) is 4.49.